The molecule has 1 aliphatic carbocycles. The molecule has 0 spiro atoms. The molecule has 26 heavy (non-hydrogen) atoms. The van der Waals surface area contributed by atoms with Crippen LogP contribution in [0.3, 0.4) is 0 Å². The van der Waals surface area contributed by atoms with Crippen LogP contribution in [-0.2, 0) is 14.4 Å². The van der Waals surface area contributed by atoms with Crippen molar-refractivity contribution in [2.24, 2.45) is 11.8 Å². The average Bonchev–Trinajstić information content (AvgIpc) is 3.12. The first-order valence-electron chi connectivity index (χ1n) is 8.74. The van der Waals surface area contributed by atoms with Gasteiger partial charge in [0.25, 0.3) is 0 Å². The lowest BCUT2D eigenvalue weighted by molar-refractivity contribution is -0.140. The molecular formula is C18H18ClN3O3S. The Morgan fingerprint density at radius 2 is 1.92 bits per heavy atom. The molecule has 1 N–H and O–H groups in total. The van der Waals surface area contributed by atoms with Gasteiger partial charge in [-0.15, -0.1) is 0 Å². The van der Waals surface area contributed by atoms with Crippen molar-refractivity contribution in [1.29, 1.82) is 0 Å². The molecule has 2 aliphatic rings. The van der Waals surface area contributed by atoms with Crippen LogP contribution < -0.4 is 5.32 Å². The summed E-state index contributed by atoms with van der Waals surface area (Å²) >= 11 is 7.30. The first-order valence-corrected chi connectivity index (χ1v) is 9.93. The molecule has 0 radical (unpaired) electrons. The number of nitrogens with one attached hydrogen (secondary N) is 1. The highest BCUT2D eigenvalue weighted by Crippen LogP contribution is 2.38. The molecule has 1 aliphatic heterocycles. The van der Waals surface area contributed by atoms with Crippen LogP contribution in [0.25, 0.3) is 10.2 Å². The van der Waals surface area contributed by atoms with Gasteiger partial charge in [-0.25, -0.2) is 4.98 Å². The molecule has 2 aromatic rings. The number of rotatable bonds is 4. The number of anilines is 1. The van der Waals surface area contributed by atoms with Gasteiger partial charge in [0.15, 0.2) is 5.13 Å². The van der Waals surface area contributed by atoms with Gasteiger partial charge in [-0.3, -0.25) is 19.3 Å². The number of nitrogens with zero attached hydrogens (tertiary/aromatic N) is 2. The van der Waals surface area contributed by atoms with Gasteiger partial charge in [-0.1, -0.05) is 35.8 Å². The highest BCUT2D eigenvalue weighted by molar-refractivity contribution is 7.22. The summed E-state index contributed by atoms with van der Waals surface area (Å²) in [6.45, 7) is 0.132. The molecule has 2 fully saturated rings. The summed E-state index contributed by atoms with van der Waals surface area (Å²) in [7, 11) is 0. The van der Waals surface area contributed by atoms with Gasteiger partial charge in [-0.2, -0.15) is 0 Å². The van der Waals surface area contributed by atoms with E-state index in [9.17, 15) is 14.4 Å². The third-order valence-corrected chi connectivity index (χ3v) is 6.26. The highest BCUT2D eigenvalue weighted by Gasteiger charge is 2.47. The van der Waals surface area contributed by atoms with Crippen LogP contribution in [0.4, 0.5) is 5.13 Å². The Morgan fingerprint density at radius 3 is 2.62 bits per heavy atom. The van der Waals surface area contributed by atoms with E-state index in [0.717, 1.165) is 35.9 Å². The molecule has 1 saturated carbocycles. The second kappa shape index (κ2) is 6.96. The van der Waals surface area contributed by atoms with Gasteiger partial charge in [0.2, 0.25) is 17.7 Å². The lowest BCUT2D eigenvalue weighted by atomic mass is 9.81. The van der Waals surface area contributed by atoms with E-state index >= 15 is 0 Å². The molecule has 2 unspecified atom stereocenters. The lowest BCUT2D eigenvalue weighted by Crippen LogP contribution is -2.34. The number of fused-ring (bicyclic) bond motifs is 2. The Morgan fingerprint density at radius 1 is 1.23 bits per heavy atom. The topological polar surface area (TPSA) is 79.4 Å². The molecule has 0 bridgehead atoms. The smallest absolute Gasteiger partial charge is 0.233 e. The first-order chi connectivity index (χ1) is 12.5. The number of imide groups is 1. The summed E-state index contributed by atoms with van der Waals surface area (Å²) in [5.41, 5.74) is 0.767. The molecule has 8 heteroatoms. The van der Waals surface area contributed by atoms with Gasteiger partial charge in [-0.05, 0) is 31.0 Å². The molecule has 1 saturated heterocycles. The van der Waals surface area contributed by atoms with Crippen LogP contribution in [-0.4, -0.2) is 34.2 Å². The SMILES string of the molecule is O=C(CCN1C(=O)C2CCCCC2C1=O)Nc1nc2ccc(Cl)cc2s1. The summed E-state index contributed by atoms with van der Waals surface area (Å²) in [6, 6.07) is 5.35. The van der Waals surface area contributed by atoms with Crippen LogP contribution >= 0.6 is 22.9 Å². The van der Waals surface area contributed by atoms with Crippen molar-refractivity contribution < 1.29 is 14.4 Å². The van der Waals surface area contributed by atoms with E-state index < -0.39 is 0 Å². The molecule has 4 rings (SSSR count). The molecule has 3 amide bonds. The first kappa shape index (κ1) is 17.4. The van der Waals surface area contributed by atoms with Gasteiger partial charge in [0.05, 0.1) is 22.1 Å². The van der Waals surface area contributed by atoms with E-state index in [2.05, 4.69) is 10.3 Å². The highest BCUT2D eigenvalue weighted by atomic mass is 35.5. The Bertz CT molecular complexity index is 873. The zero-order valence-corrected chi connectivity index (χ0v) is 15.6. The summed E-state index contributed by atoms with van der Waals surface area (Å²) in [6.07, 6.45) is 3.64. The quantitative estimate of drug-likeness (QED) is 0.809. The third kappa shape index (κ3) is 3.21. The number of carbonyl (C=O) groups excluding carboxylic acids is 3. The Labute approximate surface area is 159 Å². The summed E-state index contributed by atoms with van der Waals surface area (Å²) in [4.78, 5) is 42.7. The molecule has 2 atom stereocenters. The fourth-order valence-electron chi connectivity index (χ4n) is 3.80. The molecule has 136 valence electrons. The molecular weight excluding hydrogens is 374 g/mol. The van der Waals surface area contributed by atoms with Crippen molar-refractivity contribution >= 4 is 56.0 Å². The van der Waals surface area contributed by atoms with Gasteiger partial charge in [0.1, 0.15) is 0 Å². The van der Waals surface area contributed by atoms with Crippen LogP contribution in [0.5, 0.6) is 0 Å². The van der Waals surface area contributed by atoms with Crippen molar-refractivity contribution in [3.63, 3.8) is 0 Å². The molecule has 1 aromatic carbocycles. The van der Waals surface area contributed by atoms with Crippen molar-refractivity contribution in [3.8, 4) is 0 Å². The number of carbonyl (C=O) groups is 3. The Balaban J connectivity index is 1.37. The molecule has 1 aromatic heterocycles. The number of thiazole rings is 1. The van der Waals surface area contributed by atoms with E-state index in [1.54, 1.807) is 18.2 Å². The zero-order chi connectivity index (χ0) is 18.3. The fraction of sp³-hybridized carbons (Fsp3) is 0.444. The Hall–Kier alpha value is -1.99. The number of hydrogen-bond acceptors (Lipinski definition) is 5. The van der Waals surface area contributed by atoms with Crippen LogP contribution in [0.15, 0.2) is 18.2 Å². The number of aromatic nitrogens is 1. The van der Waals surface area contributed by atoms with Crippen molar-refractivity contribution in [2.45, 2.75) is 32.1 Å². The normalized spacial score (nSPS) is 22.7. The number of amides is 3. The minimum absolute atomic E-state index is 0.0770. The molecule has 6 nitrogen and oxygen atoms in total. The Kier molecular flexibility index (Phi) is 4.67. The minimum atomic E-state index is -0.259. The van der Waals surface area contributed by atoms with E-state index in [1.165, 1.54) is 16.2 Å². The van der Waals surface area contributed by atoms with Crippen LogP contribution in [0.2, 0.25) is 5.02 Å². The second-order valence-electron chi connectivity index (χ2n) is 6.75. The van der Waals surface area contributed by atoms with Crippen LogP contribution in [0, 0.1) is 11.8 Å². The van der Waals surface area contributed by atoms with E-state index in [4.69, 9.17) is 11.6 Å². The second-order valence-corrected chi connectivity index (χ2v) is 8.22. The van der Waals surface area contributed by atoms with Gasteiger partial charge in [0, 0.05) is 18.0 Å². The summed E-state index contributed by atoms with van der Waals surface area (Å²) in [5, 5.41) is 3.85. The van der Waals surface area contributed by atoms with Crippen molar-refractivity contribution in [3.05, 3.63) is 23.2 Å². The zero-order valence-electron chi connectivity index (χ0n) is 14.0. The third-order valence-electron chi connectivity index (χ3n) is 5.09. The van der Waals surface area contributed by atoms with Crippen LogP contribution in [0.1, 0.15) is 32.1 Å². The predicted molar refractivity (Wildman–Crippen MR) is 100 cm³/mol. The maximum absolute atomic E-state index is 12.4. The lowest BCUT2D eigenvalue weighted by Gasteiger charge is -2.19. The standard InChI is InChI=1S/C18H18ClN3O3S/c19-10-5-6-13-14(9-10)26-18(20-13)21-15(23)7-8-22-16(24)11-3-1-2-4-12(11)17(22)25/h5-6,9,11-12H,1-4,7-8H2,(H,20,21,23). The number of likely N-dealkylation sites (tertiary alicyclic amines) is 1. The fourth-order valence-corrected chi connectivity index (χ4v) is 4.96. The minimum Gasteiger partial charge on any atom is -0.302 e. The molecule has 2 heterocycles. The maximum atomic E-state index is 12.4. The predicted octanol–water partition coefficient (Wildman–Crippen LogP) is 3.45. The number of halogens is 1. The summed E-state index contributed by atoms with van der Waals surface area (Å²) < 4.78 is 0.891. The van der Waals surface area contributed by atoms with E-state index in [0.29, 0.717) is 10.2 Å². The average molecular weight is 392 g/mol. The largest absolute Gasteiger partial charge is 0.302 e. The van der Waals surface area contributed by atoms with Crippen molar-refractivity contribution in [1.82, 2.24) is 9.88 Å². The monoisotopic (exact) mass is 391 g/mol. The van der Waals surface area contributed by atoms with E-state index in [1.807, 2.05) is 0 Å². The maximum Gasteiger partial charge on any atom is 0.233 e. The number of hydrogen-bond donors (Lipinski definition) is 1. The van der Waals surface area contributed by atoms with Gasteiger partial charge < -0.3 is 5.32 Å². The number of benzene rings is 1. The van der Waals surface area contributed by atoms with Crippen molar-refractivity contribution in [2.75, 3.05) is 11.9 Å². The summed E-state index contributed by atoms with van der Waals surface area (Å²) in [5.74, 6) is -0.823. The van der Waals surface area contributed by atoms with Gasteiger partial charge >= 0.3 is 0 Å². The van der Waals surface area contributed by atoms with E-state index in [-0.39, 0.29) is 42.5 Å².